The minimum absolute atomic E-state index is 1.06. The second-order valence-electron chi connectivity index (χ2n) is 5.15. The Hall–Kier alpha value is -1.93. The van der Waals surface area contributed by atoms with E-state index in [1.54, 1.807) is 11.3 Å². The van der Waals surface area contributed by atoms with E-state index in [0.717, 1.165) is 10.5 Å². The molecule has 0 N–H and O–H groups in total. The van der Waals surface area contributed by atoms with Crippen molar-refractivity contribution >= 4 is 33.7 Å². The Morgan fingerprint density at radius 1 is 0.900 bits per heavy atom. The average molecular weight is 279 g/mol. The highest BCUT2D eigenvalue weighted by molar-refractivity contribution is 7.19. The largest absolute Gasteiger partial charge is 0.237 e. The van der Waals surface area contributed by atoms with Crippen LogP contribution in [-0.4, -0.2) is 4.98 Å². The van der Waals surface area contributed by atoms with Gasteiger partial charge in [0, 0.05) is 0 Å². The van der Waals surface area contributed by atoms with Crippen LogP contribution in [0.1, 0.15) is 27.3 Å². The molecule has 2 aromatic carbocycles. The summed E-state index contributed by atoms with van der Waals surface area (Å²) in [6, 6.07) is 12.8. The molecule has 0 bridgehead atoms. The smallest absolute Gasteiger partial charge is 0.117 e. The van der Waals surface area contributed by atoms with Crippen molar-refractivity contribution in [2.75, 3.05) is 0 Å². The summed E-state index contributed by atoms with van der Waals surface area (Å²) in [5.41, 5.74) is 6.27. The standard InChI is InChI=1S/C18H17NS/c1-12-6-4-5-7-15(12)8-9-18-19-16-10-13(2)14(3)11-17(16)20-18/h4-11H,1-3H3/b9-8+. The molecule has 3 rings (SSSR count). The maximum atomic E-state index is 4.69. The minimum atomic E-state index is 1.06. The summed E-state index contributed by atoms with van der Waals surface area (Å²) in [6.07, 6.45) is 4.25. The first-order chi connectivity index (χ1) is 9.63. The summed E-state index contributed by atoms with van der Waals surface area (Å²) in [5.74, 6) is 0. The Morgan fingerprint density at radius 3 is 2.45 bits per heavy atom. The zero-order valence-corrected chi connectivity index (χ0v) is 12.8. The lowest BCUT2D eigenvalue weighted by molar-refractivity contribution is 1.35. The summed E-state index contributed by atoms with van der Waals surface area (Å²) in [6.45, 7) is 6.42. The van der Waals surface area contributed by atoms with E-state index in [2.05, 4.69) is 69.3 Å². The van der Waals surface area contributed by atoms with Gasteiger partial charge in [0.05, 0.1) is 10.2 Å². The lowest BCUT2D eigenvalue weighted by atomic mass is 10.1. The maximum absolute atomic E-state index is 4.69. The topological polar surface area (TPSA) is 12.9 Å². The van der Waals surface area contributed by atoms with E-state index >= 15 is 0 Å². The first-order valence-corrected chi connectivity index (χ1v) is 7.56. The summed E-state index contributed by atoms with van der Waals surface area (Å²) in [5, 5.41) is 1.06. The molecule has 0 saturated heterocycles. The van der Waals surface area contributed by atoms with Gasteiger partial charge in [-0.1, -0.05) is 30.3 Å². The zero-order valence-electron chi connectivity index (χ0n) is 12.0. The number of rotatable bonds is 2. The van der Waals surface area contributed by atoms with Crippen LogP contribution in [0.3, 0.4) is 0 Å². The number of aryl methyl sites for hydroxylation is 3. The van der Waals surface area contributed by atoms with Gasteiger partial charge in [-0.2, -0.15) is 0 Å². The summed E-state index contributed by atoms with van der Waals surface area (Å²) >= 11 is 1.75. The number of aromatic nitrogens is 1. The predicted molar refractivity (Wildman–Crippen MR) is 89.2 cm³/mol. The molecule has 0 aliphatic heterocycles. The van der Waals surface area contributed by atoms with Crippen LogP contribution in [0.5, 0.6) is 0 Å². The molecule has 3 aromatic rings. The first-order valence-electron chi connectivity index (χ1n) is 6.75. The number of thiazole rings is 1. The molecule has 20 heavy (non-hydrogen) atoms. The molecule has 0 fully saturated rings. The van der Waals surface area contributed by atoms with Gasteiger partial charge >= 0.3 is 0 Å². The van der Waals surface area contributed by atoms with Gasteiger partial charge in [-0.15, -0.1) is 11.3 Å². The molecule has 1 nitrogen and oxygen atoms in total. The van der Waals surface area contributed by atoms with Crippen molar-refractivity contribution in [3.05, 3.63) is 63.7 Å². The van der Waals surface area contributed by atoms with Gasteiger partial charge in [-0.25, -0.2) is 4.98 Å². The van der Waals surface area contributed by atoms with Crippen molar-refractivity contribution in [3.63, 3.8) is 0 Å². The van der Waals surface area contributed by atoms with Crippen molar-refractivity contribution in [2.24, 2.45) is 0 Å². The van der Waals surface area contributed by atoms with E-state index in [1.807, 2.05) is 0 Å². The summed E-state index contributed by atoms with van der Waals surface area (Å²) in [4.78, 5) is 4.69. The van der Waals surface area contributed by atoms with E-state index < -0.39 is 0 Å². The molecule has 100 valence electrons. The Labute approximate surface area is 123 Å². The third-order valence-corrected chi connectivity index (χ3v) is 4.60. The molecule has 2 heteroatoms. The Morgan fingerprint density at radius 2 is 1.65 bits per heavy atom. The van der Waals surface area contributed by atoms with E-state index in [-0.39, 0.29) is 0 Å². The number of benzene rings is 2. The van der Waals surface area contributed by atoms with E-state index in [1.165, 1.54) is 27.0 Å². The number of hydrogen-bond acceptors (Lipinski definition) is 2. The quantitative estimate of drug-likeness (QED) is 0.612. The van der Waals surface area contributed by atoms with Crippen LogP contribution in [0, 0.1) is 20.8 Å². The number of hydrogen-bond donors (Lipinski definition) is 0. The van der Waals surface area contributed by atoms with Crippen molar-refractivity contribution in [2.45, 2.75) is 20.8 Å². The van der Waals surface area contributed by atoms with Gasteiger partial charge < -0.3 is 0 Å². The van der Waals surface area contributed by atoms with Crippen LogP contribution in [0.4, 0.5) is 0 Å². The highest BCUT2D eigenvalue weighted by Crippen LogP contribution is 2.26. The van der Waals surface area contributed by atoms with Crippen LogP contribution in [0.15, 0.2) is 36.4 Å². The monoisotopic (exact) mass is 279 g/mol. The minimum Gasteiger partial charge on any atom is -0.237 e. The van der Waals surface area contributed by atoms with Crippen LogP contribution >= 0.6 is 11.3 Å². The molecule has 0 radical (unpaired) electrons. The van der Waals surface area contributed by atoms with Gasteiger partial charge in [-0.3, -0.25) is 0 Å². The molecule has 0 aliphatic rings. The van der Waals surface area contributed by atoms with Crippen LogP contribution in [-0.2, 0) is 0 Å². The first kappa shape index (κ1) is 13.1. The molecule has 0 saturated carbocycles. The highest BCUT2D eigenvalue weighted by atomic mass is 32.1. The van der Waals surface area contributed by atoms with Crippen molar-refractivity contribution in [1.82, 2.24) is 4.98 Å². The molecular weight excluding hydrogens is 262 g/mol. The summed E-state index contributed by atoms with van der Waals surface area (Å²) < 4.78 is 1.26. The van der Waals surface area contributed by atoms with Gasteiger partial charge in [0.25, 0.3) is 0 Å². The van der Waals surface area contributed by atoms with Gasteiger partial charge in [-0.05, 0) is 61.2 Å². The molecular formula is C18H17NS. The van der Waals surface area contributed by atoms with Crippen molar-refractivity contribution < 1.29 is 0 Å². The fraction of sp³-hybridized carbons (Fsp3) is 0.167. The SMILES string of the molecule is Cc1cc2nc(/C=C/c3ccccc3C)sc2cc1C. The maximum Gasteiger partial charge on any atom is 0.117 e. The fourth-order valence-corrected chi connectivity index (χ4v) is 3.15. The lowest BCUT2D eigenvalue weighted by Crippen LogP contribution is -1.79. The molecule has 0 unspecified atom stereocenters. The Balaban J connectivity index is 1.97. The van der Waals surface area contributed by atoms with E-state index in [4.69, 9.17) is 4.98 Å². The average Bonchev–Trinajstić information content (AvgIpc) is 2.80. The molecule has 1 heterocycles. The van der Waals surface area contributed by atoms with Crippen molar-refractivity contribution in [1.29, 1.82) is 0 Å². The number of nitrogens with zero attached hydrogens (tertiary/aromatic N) is 1. The molecule has 1 aromatic heterocycles. The van der Waals surface area contributed by atoms with Crippen LogP contribution in [0.2, 0.25) is 0 Å². The normalized spacial score (nSPS) is 11.6. The van der Waals surface area contributed by atoms with Crippen molar-refractivity contribution in [3.8, 4) is 0 Å². The zero-order chi connectivity index (χ0) is 14.1. The Kier molecular flexibility index (Phi) is 3.41. The van der Waals surface area contributed by atoms with Gasteiger partial charge in [0.1, 0.15) is 5.01 Å². The molecule has 0 amide bonds. The van der Waals surface area contributed by atoms with E-state index in [9.17, 15) is 0 Å². The lowest BCUT2D eigenvalue weighted by Gasteiger charge is -1.97. The third-order valence-electron chi connectivity index (χ3n) is 3.61. The highest BCUT2D eigenvalue weighted by Gasteiger charge is 2.03. The van der Waals surface area contributed by atoms with Gasteiger partial charge in [0.15, 0.2) is 0 Å². The second-order valence-corrected chi connectivity index (χ2v) is 6.21. The fourth-order valence-electron chi connectivity index (χ4n) is 2.20. The predicted octanol–water partition coefficient (Wildman–Crippen LogP) is 5.39. The third kappa shape index (κ3) is 2.52. The molecule has 0 spiro atoms. The molecule has 0 atom stereocenters. The Bertz CT molecular complexity index is 757. The number of fused-ring (bicyclic) bond motifs is 1. The summed E-state index contributed by atoms with van der Waals surface area (Å²) in [7, 11) is 0. The molecule has 0 aliphatic carbocycles. The second kappa shape index (κ2) is 5.22. The van der Waals surface area contributed by atoms with Crippen LogP contribution < -0.4 is 0 Å². The van der Waals surface area contributed by atoms with E-state index in [0.29, 0.717) is 0 Å². The van der Waals surface area contributed by atoms with Gasteiger partial charge in [0.2, 0.25) is 0 Å². The van der Waals surface area contributed by atoms with Crippen LogP contribution in [0.25, 0.3) is 22.4 Å².